The average molecular weight is 427 g/mol. The molecule has 1 N–H and O–H groups in total. The molecule has 0 unspecified atom stereocenters. The van der Waals surface area contributed by atoms with Gasteiger partial charge in [0, 0.05) is 12.1 Å². The van der Waals surface area contributed by atoms with Crippen molar-refractivity contribution in [1.82, 2.24) is 5.32 Å². The van der Waals surface area contributed by atoms with E-state index in [1.54, 1.807) is 12.1 Å². The molecule has 2 aliphatic carbocycles. The van der Waals surface area contributed by atoms with Crippen molar-refractivity contribution in [2.24, 2.45) is 5.92 Å². The maximum absolute atomic E-state index is 15.5. The summed E-state index contributed by atoms with van der Waals surface area (Å²) in [5.74, 6) is 0.604. The third-order valence-electron chi connectivity index (χ3n) is 6.82. The summed E-state index contributed by atoms with van der Waals surface area (Å²) in [6, 6.07) is 5.89. The van der Waals surface area contributed by atoms with Crippen LogP contribution in [-0.4, -0.2) is 17.8 Å². The van der Waals surface area contributed by atoms with Crippen LogP contribution in [-0.2, 0) is 6.18 Å². The highest BCUT2D eigenvalue weighted by Crippen LogP contribution is 2.39. The number of hydrogen-bond acceptors (Lipinski definition) is 1. The van der Waals surface area contributed by atoms with Gasteiger partial charge in [0.1, 0.15) is 5.67 Å². The van der Waals surface area contributed by atoms with Crippen molar-refractivity contribution in [3.05, 3.63) is 41.8 Å². The lowest BCUT2D eigenvalue weighted by Crippen LogP contribution is -2.47. The van der Waals surface area contributed by atoms with Crippen LogP contribution in [0, 0.1) is 12.3 Å². The lowest BCUT2D eigenvalue weighted by molar-refractivity contribution is -0.137. The first-order valence-corrected chi connectivity index (χ1v) is 11.6. The second kappa shape index (κ2) is 10.0. The second-order valence-corrected chi connectivity index (χ2v) is 9.84. The molecule has 0 aliphatic heterocycles. The van der Waals surface area contributed by atoms with Crippen LogP contribution in [0.5, 0.6) is 0 Å². The Balaban J connectivity index is 1.72. The third-order valence-corrected chi connectivity index (χ3v) is 6.82. The van der Waals surface area contributed by atoms with Crippen molar-refractivity contribution >= 4 is 0 Å². The minimum absolute atomic E-state index is 0.105. The summed E-state index contributed by atoms with van der Waals surface area (Å²) >= 11 is 0. The Kier molecular flexibility index (Phi) is 7.86. The quantitative estimate of drug-likeness (QED) is 0.442. The molecule has 1 aromatic carbocycles. The van der Waals surface area contributed by atoms with Crippen molar-refractivity contribution in [3.63, 3.8) is 0 Å². The van der Waals surface area contributed by atoms with Crippen LogP contribution < -0.4 is 5.32 Å². The van der Waals surface area contributed by atoms with Crippen molar-refractivity contribution in [3.8, 4) is 0 Å². The van der Waals surface area contributed by atoms with E-state index in [0.29, 0.717) is 25.2 Å². The van der Waals surface area contributed by atoms with Gasteiger partial charge in [0.2, 0.25) is 0 Å². The Bertz CT molecular complexity index is 646. The standard InChI is InChI=1S/C25H36F4N/c1-18(2)16-21(17-24(26)14-6-3-7-15-24)30-23-9-5-4-8-22(23)19-10-12-20(13-11-19)25(27,28)29/h4,10-13,18,21-23,30H,3,5-9,14-17H2,1-2H3/t21-,22+,23-/m1/s1. The molecule has 0 bridgehead atoms. The lowest BCUT2D eigenvalue weighted by Gasteiger charge is -2.39. The summed E-state index contributed by atoms with van der Waals surface area (Å²) < 4.78 is 54.3. The van der Waals surface area contributed by atoms with Crippen LogP contribution in [0.25, 0.3) is 0 Å². The molecule has 3 atom stereocenters. The zero-order valence-corrected chi connectivity index (χ0v) is 18.3. The van der Waals surface area contributed by atoms with Crippen molar-refractivity contribution in [2.75, 3.05) is 0 Å². The van der Waals surface area contributed by atoms with Crippen LogP contribution in [0.4, 0.5) is 17.6 Å². The van der Waals surface area contributed by atoms with Gasteiger partial charge in [-0.05, 0) is 80.9 Å². The van der Waals surface area contributed by atoms with Gasteiger partial charge in [-0.15, -0.1) is 0 Å². The van der Waals surface area contributed by atoms with E-state index in [1.165, 1.54) is 12.1 Å². The first-order chi connectivity index (χ1) is 14.2. The Hall–Kier alpha value is -1.10. The molecule has 2 aliphatic rings. The molecule has 1 aromatic rings. The Morgan fingerprint density at radius 3 is 2.33 bits per heavy atom. The second-order valence-electron chi connectivity index (χ2n) is 9.84. The Morgan fingerprint density at radius 2 is 1.73 bits per heavy atom. The number of benzene rings is 1. The van der Waals surface area contributed by atoms with E-state index in [9.17, 15) is 13.2 Å². The smallest absolute Gasteiger partial charge is 0.310 e. The van der Waals surface area contributed by atoms with Gasteiger partial charge in [0.25, 0.3) is 0 Å². The number of rotatable bonds is 7. The summed E-state index contributed by atoms with van der Waals surface area (Å²) in [4.78, 5) is 0. The topological polar surface area (TPSA) is 12.0 Å². The number of nitrogens with one attached hydrogen (secondary N) is 1. The average Bonchev–Trinajstić information content (AvgIpc) is 2.67. The summed E-state index contributed by atoms with van der Waals surface area (Å²) in [5.41, 5.74) is -0.743. The van der Waals surface area contributed by atoms with E-state index in [-0.39, 0.29) is 18.0 Å². The van der Waals surface area contributed by atoms with Crippen LogP contribution in [0.3, 0.4) is 0 Å². The van der Waals surface area contributed by atoms with Gasteiger partial charge >= 0.3 is 6.18 Å². The first kappa shape index (κ1) is 23.6. The summed E-state index contributed by atoms with van der Waals surface area (Å²) in [6.07, 6.45) is 6.55. The minimum atomic E-state index is -4.31. The van der Waals surface area contributed by atoms with Gasteiger partial charge in [0.05, 0.1) is 5.56 Å². The molecule has 3 rings (SSSR count). The van der Waals surface area contributed by atoms with Gasteiger partial charge in [0.15, 0.2) is 0 Å². The van der Waals surface area contributed by atoms with E-state index in [1.807, 2.05) is 0 Å². The van der Waals surface area contributed by atoms with Gasteiger partial charge in [-0.3, -0.25) is 0 Å². The zero-order valence-electron chi connectivity index (χ0n) is 18.3. The number of halogens is 4. The minimum Gasteiger partial charge on any atom is -0.310 e. The van der Waals surface area contributed by atoms with Crippen molar-refractivity contribution in [1.29, 1.82) is 0 Å². The summed E-state index contributed by atoms with van der Waals surface area (Å²) in [5, 5.41) is 3.77. The zero-order chi connectivity index (χ0) is 21.8. The Morgan fingerprint density at radius 1 is 1.07 bits per heavy atom. The van der Waals surface area contributed by atoms with Gasteiger partial charge in [-0.25, -0.2) is 4.39 Å². The summed E-state index contributed by atoms with van der Waals surface area (Å²) in [7, 11) is 0. The largest absolute Gasteiger partial charge is 0.416 e. The van der Waals surface area contributed by atoms with E-state index >= 15 is 4.39 Å². The molecule has 0 saturated heterocycles. The van der Waals surface area contributed by atoms with Crippen LogP contribution in [0.15, 0.2) is 24.3 Å². The maximum Gasteiger partial charge on any atom is 0.416 e. The fourth-order valence-electron chi connectivity index (χ4n) is 5.36. The first-order valence-electron chi connectivity index (χ1n) is 11.6. The van der Waals surface area contributed by atoms with Gasteiger partial charge < -0.3 is 5.32 Å². The molecular weight excluding hydrogens is 390 g/mol. The molecule has 1 nitrogen and oxygen atoms in total. The van der Waals surface area contributed by atoms with Crippen LogP contribution in [0.2, 0.25) is 0 Å². The predicted molar refractivity (Wildman–Crippen MR) is 114 cm³/mol. The predicted octanol–water partition coefficient (Wildman–Crippen LogP) is 7.61. The molecule has 0 amide bonds. The molecular formula is C25H36F4N. The monoisotopic (exact) mass is 426 g/mol. The highest BCUT2D eigenvalue weighted by Gasteiger charge is 2.37. The van der Waals surface area contributed by atoms with E-state index < -0.39 is 17.4 Å². The molecule has 0 heterocycles. The van der Waals surface area contributed by atoms with Crippen molar-refractivity contribution < 1.29 is 17.6 Å². The fraction of sp³-hybridized carbons (Fsp3) is 0.720. The van der Waals surface area contributed by atoms with Gasteiger partial charge in [-0.1, -0.05) is 45.2 Å². The SMILES string of the molecule is CC(C)C[C@H](CC1(F)CCCCC1)N[C@@H]1CC[CH]C[C@H]1c1ccc(C(F)(F)F)cc1. The lowest BCUT2D eigenvalue weighted by atomic mass is 9.77. The molecule has 0 aromatic heterocycles. The fourth-order valence-corrected chi connectivity index (χ4v) is 5.36. The number of hydrogen-bond donors (Lipinski definition) is 1. The normalized spacial score (nSPS) is 26.0. The highest BCUT2D eigenvalue weighted by molar-refractivity contribution is 5.29. The maximum atomic E-state index is 15.5. The summed E-state index contributed by atoms with van der Waals surface area (Å²) in [6.45, 7) is 4.34. The van der Waals surface area contributed by atoms with Gasteiger partial charge in [-0.2, -0.15) is 13.2 Å². The molecule has 2 fully saturated rings. The highest BCUT2D eigenvalue weighted by atomic mass is 19.4. The molecule has 30 heavy (non-hydrogen) atoms. The van der Waals surface area contributed by atoms with Crippen LogP contribution in [0.1, 0.15) is 95.1 Å². The van der Waals surface area contributed by atoms with Crippen molar-refractivity contribution in [2.45, 2.75) is 108 Å². The van der Waals surface area contributed by atoms with E-state index in [4.69, 9.17) is 0 Å². The van der Waals surface area contributed by atoms with Crippen LogP contribution >= 0.6 is 0 Å². The molecule has 5 heteroatoms. The molecule has 169 valence electrons. The molecule has 1 radical (unpaired) electrons. The van der Waals surface area contributed by atoms with E-state index in [0.717, 1.165) is 50.5 Å². The third kappa shape index (κ3) is 6.45. The van der Waals surface area contributed by atoms with E-state index in [2.05, 4.69) is 25.6 Å². The molecule has 2 saturated carbocycles. The Labute approximate surface area is 179 Å². The molecule has 0 spiro atoms. The number of alkyl halides is 4.